The van der Waals surface area contributed by atoms with Gasteiger partial charge in [-0.2, -0.15) is 5.26 Å². The SMILES string of the molecule is N#Cc1nccnc1NCCN1CCN(C(=O)C2CCCC2)CC1. The van der Waals surface area contributed by atoms with Crippen LogP contribution in [0.2, 0.25) is 0 Å². The van der Waals surface area contributed by atoms with E-state index in [-0.39, 0.29) is 5.92 Å². The smallest absolute Gasteiger partial charge is 0.225 e. The number of carbonyl (C=O) groups excluding carboxylic acids is 1. The van der Waals surface area contributed by atoms with Crippen molar-refractivity contribution in [2.24, 2.45) is 5.92 Å². The highest BCUT2D eigenvalue weighted by Gasteiger charge is 2.29. The standard InChI is InChI=1S/C17H24N6O/c18-13-15-16(20-6-5-19-15)21-7-8-22-9-11-23(12-10-22)17(24)14-3-1-2-4-14/h5-6,14H,1-4,7-12H2,(H,20,21). The molecule has 2 heterocycles. The summed E-state index contributed by atoms with van der Waals surface area (Å²) in [5.74, 6) is 1.18. The lowest BCUT2D eigenvalue weighted by Gasteiger charge is -2.36. The quantitative estimate of drug-likeness (QED) is 0.871. The first-order valence-electron chi connectivity index (χ1n) is 8.74. The van der Waals surface area contributed by atoms with Gasteiger partial charge < -0.3 is 10.2 Å². The second-order valence-corrected chi connectivity index (χ2v) is 6.44. The Morgan fingerprint density at radius 3 is 2.62 bits per heavy atom. The Morgan fingerprint density at radius 2 is 1.92 bits per heavy atom. The second kappa shape index (κ2) is 8.06. The molecule has 7 heteroatoms. The molecule has 0 radical (unpaired) electrons. The molecule has 0 spiro atoms. The molecule has 1 aliphatic heterocycles. The molecule has 0 bridgehead atoms. The topological polar surface area (TPSA) is 85.2 Å². The van der Waals surface area contributed by atoms with E-state index in [1.54, 1.807) is 6.20 Å². The lowest BCUT2D eigenvalue weighted by molar-refractivity contribution is -0.137. The van der Waals surface area contributed by atoms with Crippen molar-refractivity contribution < 1.29 is 4.79 Å². The first-order chi connectivity index (χ1) is 11.8. The molecule has 1 aliphatic carbocycles. The average Bonchev–Trinajstić information content (AvgIpc) is 3.17. The zero-order valence-electron chi connectivity index (χ0n) is 13.9. The zero-order valence-corrected chi connectivity index (χ0v) is 13.9. The summed E-state index contributed by atoms with van der Waals surface area (Å²) in [5.41, 5.74) is 0.324. The van der Waals surface area contributed by atoms with Gasteiger partial charge in [-0.25, -0.2) is 9.97 Å². The summed E-state index contributed by atoms with van der Waals surface area (Å²) in [5, 5.41) is 12.2. The fraction of sp³-hybridized carbons (Fsp3) is 0.647. The molecule has 24 heavy (non-hydrogen) atoms. The number of nitrogens with one attached hydrogen (secondary N) is 1. The van der Waals surface area contributed by atoms with E-state index >= 15 is 0 Å². The van der Waals surface area contributed by atoms with Crippen LogP contribution in [0, 0.1) is 17.2 Å². The van der Waals surface area contributed by atoms with E-state index in [2.05, 4.69) is 20.2 Å². The number of anilines is 1. The summed E-state index contributed by atoms with van der Waals surface area (Å²) in [6.45, 7) is 5.04. The molecule has 1 N–H and O–H groups in total. The van der Waals surface area contributed by atoms with Crippen molar-refractivity contribution in [1.29, 1.82) is 5.26 Å². The van der Waals surface area contributed by atoms with Crippen molar-refractivity contribution >= 4 is 11.7 Å². The van der Waals surface area contributed by atoms with E-state index in [0.29, 0.717) is 24.0 Å². The monoisotopic (exact) mass is 328 g/mol. The first kappa shape index (κ1) is 16.7. The van der Waals surface area contributed by atoms with E-state index in [1.165, 1.54) is 19.0 Å². The lowest BCUT2D eigenvalue weighted by atomic mass is 10.1. The number of rotatable bonds is 5. The Balaban J connectivity index is 1.39. The molecule has 128 valence electrons. The Morgan fingerprint density at radius 1 is 1.21 bits per heavy atom. The van der Waals surface area contributed by atoms with Crippen molar-refractivity contribution in [3.05, 3.63) is 18.1 Å². The second-order valence-electron chi connectivity index (χ2n) is 6.44. The fourth-order valence-electron chi connectivity index (χ4n) is 3.50. The predicted molar refractivity (Wildman–Crippen MR) is 90.2 cm³/mol. The van der Waals surface area contributed by atoms with E-state index in [0.717, 1.165) is 45.6 Å². The van der Waals surface area contributed by atoms with Gasteiger partial charge in [0.05, 0.1) is 0 Å². The van der Waals surface area contributed by atoms with Gasteiger partial charge in [-0.1, -0.05) is 12.8 Å². The van der Waals surface area contributed by atoms with Crippen molar-refractivity contribution in [2.45, 2.75) is 25.7 Å². The van der Waals surface area contributed by atoms with Crippen LogP contribution in [-0.2, 0) is 4.79 Å². The fourth-order valence-corrected chi connectivity index (χ4v) is 3.50. The van der Waals surface area contributed by atoms with Gasteiger partial charge in [0, 0.05) is 57.6 Å². The number of nitrogens with zero attached hydrogens (tertiary/aromatic N) is 5. The number of aromatic nitrogens is 2. The highest BCUT2D eigenvalue weighted by atomic mass is 16.2. The molecule has 2 aliphatic rings. The van der Waals surface area contributed by atoms with Crippen LogP contribution in [0.3, 0.4) is 0 Å². The normalized spacial score (nSPS) is 19.2. The van der Waals surface area contributed by atoms with Crippen LogP contribution >= 0.6 is 0 Å². The highest BCUT2D eigenvalue weighted by Crippen LogP contribution is 2.26. The highest BCUT2D eigenvalue weighted by molar-refractivity contribution is 5.79. The number of nitriles is 1. The number of amides is 1. The molecule has 0 unspecified atom stereocenters. The summed E-state index contributed by atoms with van der Waals surface area (Å²) >= 11 is 0. The third-order valence-electron chi connectivity index (χ3n) is 4.91. The molecule has 1 aromatic rings. The van der Waals surface area contributed by atoms with Crippen LogP contribution in [0.4, 0.5) is 5.82 Å². The van der Waals surface area contributed by atoms with Gasteiger partial charge in [0.1, 0.15) is 6.07 Å². The molecule has 0 atom stereocenters. The van der Waals surface area contributed by atoms with E-state index in [9.17, 15) is 4.79 Å². The molecule has 1 amide bonds. The number of carbonyl (C=O) groups is 1. The van der Waals surface area contributed by atoms with E-state index in [4.69, 9.17) is 5.26 Å². The van der Waals surface area contributed by atoms with Gasteiger partial charge in [-0.15, -0.1) is 0 Å². The third-order valence-corrected chi connectivity index (χ3v) is 4.91. The summed E-state index contributed by atoms with van der Waals surface area (Å²) in [6.07, 6.45) is 7.65. The molecule has 7 nitrogen and oxygen atoms in total. The van der Waals surface area contributed by atoms with E-state index in [1.807, 2.05) is 11.0 Å². The van der Waals surface area contributed by atoms with Crippen molar-refractivity contribution in [2.75, 3.05) is 44.6 Å². The van der Waals surface area contributed by atoms with Crippen molar-refractivity contribution in [1.82, 2.24) is 19.8 Å². The maximum absolute atomic E-state index is 12.4. The van der Waals surface area contributed by atoms with Gasteiger partial charge in [0.25, 0.3) is 0 Å². The molecule has 1 saturated heterocycles. The summed E-state index contributed by atoms with van der Waals surface area (Å²) in [4.78, 5) is 24.9. The summed E-state index contributed by atoms with van der Waals surface area (Å²) in [6, 6.07) is 2.04. The van der Waals surface area contributed by atoms with Gasteiger partial charge in [-0.3, -0.25) is 9.69 Å². The third kappa shape index (κ3) is 4.01. The molecule has 1 saturated carbocycles. The maximum atomic E-state index is 12.4. The maximum Gasteiger partial charge on any atom is 0.225 e. The molecule has 1 aromatic heterocycles. The summed E-state index contributed by atoms with van der Waals surface area (Å²) in [7, 11) is 0. The van der Waals surface area contributed by atoms with Crippen LogP contribution in [0.25, 0.3) is 0 Å². The molecular formula is C17H24N6O. The Kier molecular flexibility index (Phi) is 5.59. The van der Waals surface area contributed by atoms with E-state index < -0.39 is 0 Å². The van der Waals surface area contributed by atoms with Crippen molar-refractivity contribution in [3.8, 4) is 6.07 Å². The van der Waals surface area contributed by atoms with Crippen LogP contribution in [0.5, 0.6) is 0 Å². The minimum absolute atomic E-state index is 0.277. The average molecular weight is 328 g/mol. The van der Waals surface area contributed by atoms with Gasteiger partial charge in [0.15, 0.2) is 11.5 Å². The Bertz CT molecular complexity index is 599. The molecule has 0 aromatic carbocycles. The van der Waals surface area contributed by atoms with Crippen LogP contribution in [0.15, 0.2) is 12.4 Å². The Hall–Kier alpha value is -2.20. The van der Waals surface area contributed by atoms with Crippen LogP contribution < -0.4 is 5.32 Å². The lowest BCUT2D eigenvalue weighted by Crippen LogP contribution is -2.50. The predicted octanol–water partition coefficient (Wildman–Crippen LogP) is 1.09. The molecule has 3 rings (SSSR count). The minimum atomic E-state index is 0.277. The number of piperazine rings is 1. The van der Waals surface area contributed by atoms with Gasteiger partial charge >= 0.3 is 0 Å². The van der Waals surface area contributed by atoms with Gasteiger partial charge in [0.2, 0.25) is 5.91 Å². The zero-order chi connectivity index (χ0) is 16.8. The molecular weight excluding hydrogens is 304 g/mol. The first-order valence-corrected chi connectivity index (χ1v) is 8.74. The minimum Gasteiger partial charge on any atom is -0.366 e. The molecule has 2 fully saturated rings. The van der Waals surface area contributed by atoms with Gasteiger partial charge in [-0.05, 0) is 12.8 Å². The van der Waals surface area contributed by atoms with Crippen LogP contribution in [0.1, 0.15) is 31.4 Å². The number of hydrogen-bond acceptors (Lipinski definition) is 6. The Labute approximate surface area is 142 Å². The summed E-state index contributed by atoms with van der Waals surface area (Å²) < 4.78 is 0. The van der Waals surface area contributed by atoms with Crippen molar-refractivity contribution in [3.63, 3.8) is 0 Å². The van der Waals surface area contributed by atoms with Crippen LogP contribution in [-0.4, -0.2) is 64.9 Å². The largest absolute Gasteiger partial charge is 0.366 e. The number of hydrogen-bond donors (Lipinski definition) is 1.